The Morgan fingerprint density at radius 3 is 2.18 bits per heavy atom. The molecule has 4 heteroatoms. The van der Waals surface area contributed by atoms with E-state index in [1.807, 2.05) is 26.0 Å². The standard InChI is InChI=1S/C13H15N3O/c1-8-4-10(17-3)5-9(2)13(8)11-6-16-12(14)7-15-11/h4-7H,1-3H3,(H2,14,16). The van der Waals surface area contributed by atoms with Gasteiger partial charge in [-0.25, -0.2) is 4.98 Å². The summed E-state index contributed by atoms with van der Waals surface area (Å²) in [5.41, 5.74) is 9.67. The number of rotatable bonds is 2. The van der Waals surface area contributed by atoms with Crippen molar-refractivity contribution in [2.75, 3.05) is 12.8 Å². The quantitative estimate of drug-likeness (QED) is 0.858. The highest BCUT2D eigenvalue weighted by Gasteiger charge is 2.09. The molecule has 0 spiro atoms. The van der Waals surface area contributed by atoms with E-state index in [0.717, 1.165) is 28.1 Å². The Morgan fingerprint density at radius 1 is 1.06 bits per heavy atom. The minimum atomic E-state index is 0.428. The van der Waals surface area contributed by atoms with Crippen LogP contribution in [0.25, 0.3) is 11.3 Å². The summed E-state index contributed by atoms with van der Waals surface area (Å²) in [6.07, 6.45) is 3.26. The maximum absolute atomic E-state index is 5.53. The van der Waals surface area contributed by atoms with Crippen LogP contribution >= 0.6 is 0 Å². The van der Waals surface area contributed by atoms with Gasteiger partial charge < -0.3 is 10.5 Å². The van der Waals surface area contributed by atoms with Gasteiger partial charge in [-0.05, 0) is 37.1 Å². The Kier molecular flexibility index (Phi) is 2.95. The third-order valence-corrected chi connectivity index (χ3v) is 2.67. The molecule has 2 rings (SSSR count). The minimum absolute atomic E-state index is 0.428. The number of nitrogens with two attached hydrogens (primary N) is 1. The summed E-state index contributed by atoms with van der Waals surface area (Å²) in [6, 6.07) is 3.97. The molecular formula is C13H15N3O. The van der Waals surface area contributed by atoms with Gasteiger partial charge in [-0.15, -0.1) is 0 Å². The van der Waals surface area contributed by atoms with E-state index in [-0.39, 0.29) is 0 Å². The van der Waals surface area contributed by atoms with Gasteiger partial charge in [0.2, 0.25) is 0 Å². The largest absolute Gasteiger partial charge is 0.497 e. The molecule has 0 aliphatic carbocycles. The van der Waals surface area contributed by atoms with Crippen molar-refractivity contribution in [3.63, 3.8) is 0 Å². The van der Waals surface area contributed by atoms with Crippen LogP contribution in [-0.4, -0.2) is 17.1 Å². The summed E-state index contributed by atoms with van der Waals surface area (Å²) < 4.78 is 5.23. The molecule has 88 valence electrons. The monoisotopic (exact) mass is 229 g/mol. The normalized spacial score (nSPS) is 10.3. The van der Waals surface area contributed by atoms with Crippen LogP contribution < -0.4 is 10.5 Å². The number of aryl methyl sites for hydroxylation is 2. The van der Waals surface area contributed by atoms with Crippen molar-refractivity contribution >= 4 is 5.82 Å². The SMILES string of the molecule is COc1cc(C)c(-c2cnc(N)cn2)c(C)c1. The predicted molar refractivity (Wildman–Crippen MR) is 67.9 cm³/mol. The smallest absolute Gasteiger partial charge is 0.141 e. The molecule has 2 aromatic rings. The Labute approximate surface area is 100 Å². The summed E-state index contributed by atoms with van der Waals surface area (Å²) in [5, 5.41) is 0. The molecule has 1 aromatic carbocycles. The van der Waals surface area contributed by atoms with Crippen molar-refractivity contribution in [3.05, 3.63) is 35.7 Å². The molecule has 2 N–H and O–H groups in total. The first-order chi connectivity index (χ1) is 8.11. The van der Waals surface area contributed by atoms with Crippen LogP contribution in [0.1, 0.15) is 11.1 Å². The fraction of sp³-hybridized carbons (Fsp3) is 0.231. The highest BCUT2D eigenvalue weighted by atomic mass is 16.5. The number of nitrogens with zero attached hydrogens (tertiary/aromatic N) is 2. The Balaban J connectivity index is 2.55. The zero-order chi connectivity index (χ0) is 12.4. The summed E-state index contributed by atoms with van der Waals surface area (Å²) in [4.78, 5) is 8.36. The first-order valence-corrected chi connectivity index (χ1v) is 5.35. The second-order valence-corrected chi connectivity index (χ2v) is 3.96. The zero-order valence-corrected chi connectivity index (χ0v) is 10.2. The fourth-order valence-electron chi connectivity index (χ4n) is 1.91. The van der Waals surface area contributed by atoms with Crippen LogP contribution in [0.3, 0.4) is 0 Å². The lowest BCUT2D eigenvalue weighted by molar-refractivity contribution is 0.414. The third-order valence-electron chi connectivity index (χ3n) is 2.67. The lowest BCUT2D eigenvalue weighted by Gasteiger charge is -2.11. The average Bonchev–Trinajstić information content (AvgIpc) is 2.30. The molecule has 0 amide bonds. The van der Waals surface area contributed by atoms with Crippen molar-refractivity contribution in [2.45, 2.75) is 13.8 Å². The molecule has 1 heterocycles. The molecule has 4 nitrogen and oxygen atoms in total. The summed E-state index contributed by atoms with van der Waals surface area (Å²) in [6.45, 7) is 4.06. The van der Waals surface area contributed by atoms with E-state index in [4.69, 9.17) is 10.5 Å². The third kappa shape index (κ3) is 2.20. The molecule has 0 radical (unpaired) electrons. The molecular weight excluding hydrogens is 214 g/mol. The molecule has 0 unspecified atom stereocenters. The molecule has 17 heavy (non-hydrogen) atoms. The number of anilines is 1. The van der Waals surface area contributed by atoms with E-state index >= 15 is 0 Å². The lowest BCUT2D eigenvalue weighted by atomic mass is 10.00. The molecule has 0 fully saturated rings. The highest BCUT2D eigenvalue weighted by molar-refractivity contribution is 5.68. The first-order valence-electron chi connectivity index (χ1n) is 5.35. The van der Waals surface area contributed by atoms with E-state index in [9.17, 15) is 0 Å². The maximum atomic E-state index is 5.53. The number of hydrogen-bond donors (Lipinski definition) is 1. The van der Waals surface area contributed by atoms with E-state index in [2.05, 4.69) is 9.97 Å². The number of methoxy groups -OCH3 is 1. The van der Waals surface area contributed by atoms with Crippen molar-refractivity contribution in [1.29, 1.82) is 0 Å². The Hall–Kier alpha value is -2.10. The predicted octanol–water partition coefficient (Wildman–Crippen LogP) is 2.35. The van der Waals surface area contributed by atoms with E-state index in [1.54, 1.807) is 19.5 Å². The first kappa shape index (κ1) is 11.4. The van der Waals surface area contributed by atoms with Crippen LogP contribution in [0.4, 0.5) is 5.82 Å². The molecule has 0 saturated carbocycles. The molecule has 0 aliphatic heterocycles. The zero-order valence-electron chi connectivity index (χ0n) is 10.2. The number of benzene rings is 1. The minimum Gasteiger partial charge on any atom is -0.497 e. The second-order valence-electron chi connectivity index (χ2n) is 3.96. The Morgan fingerprint density at radius 2 is 1.71 bits per heavy atom. The Bertz CT molecular complexity index is 512. The van der Waals surface area contributed by atoms with Gasteiger partial charge in [0.1, 0.15) is 11.6 Å². The number of nitrogen functional groups attached to an aromatic ring is 1. The van der Waals surface area contributed by atoms with Gasteiger partial charge in [0.05, 0.1) is 25.2 Å². The molecule has 0 aliphatic rings. The number of ether oxygens (including phenoxy) is 1. The van der Waals surface area contributed by atoms with E-state index in [1.165, 1.54) is 0 Å². The molecule has 0 saturated heterocycles. The van der Waals surface area contributed by atoms with Gasteiger partial charge in [-0.2, -0.15) is 0 Å². The van der Waals surface area contributed by atoms with Crippen molar-refractivity contribution < 1.29 is 4.74 Å². The van der Waals surface area contributed by atoms with E-state index in [0.29, 0.717) is 5.82 Å². The van der Waals surface area contributed by atoms with Gasteiger partial charge in [0.15, 0.2) is 0 Å². The van der Waals surface area contributed by atoms with Crippen LogP contribution in [0, 0.1) is 13.8 Å². The fourth-order valence-corrected chi connectivity index (χ4v) is 1.91. The van der Waals surface area contributed by atoms with E-state index < -0.39 is 0 Å². The summed E-state index contributed by atoms with van der Waals surface area (Å²) >= 11 is 0. The van der Waals surface area contributed by atoms with Crippen molar-refractivity contribution in [3.8, 4) is 17.0 Å². The number of hydrogen-bond acceptors (Lipinski definition) is 4. The maximum Gasteiger partial charge on any atom is 0.141 e. The molecule has 1 aromatic heterocycles. The number of aromatic nitrogens is 2. The van der Waals surface area contributed by atoms with Gasteiger partial charge in [-0.3, -0.25) is 4.98 Å². The molecule has 0 bridgehead atoms. The van der Waals surface area contributed by atoms with Gasteiger partial charge in [-0.1, -0.05) is 0 Å². The van der Waals surface area contributed by atoms with Crippen LogP contribution in [0.15, 0.2) is 24.5 Å². The van der Waals surface area contributed by atoms with Crippen molar-refractivity contribution in [2.24, 2.45) is 0 Å². The van der Waals surface area contributed by atoms with Crippen LogP contribution in [0.5, 0.6) is 5.75 Å². The second kappa shape index (κ2) is 4.41. The van der Waals surface area contributed by atoms with Gasteiger partial charge in [0, 0.05) is 5.56 Å². The lowest BCUT2D eigenvalue weighted by Crippen LogP contribution is -1.96. The van der Waals surface area contributed by atoms with Gasteiger partial charge >= 0.3 is 0 Å². The van der Waals surface area contributed by atoms with Crippen molar-refractivity contribution in [1.82, 2.24) is 9.97 Å². The summed E-state index contributed by atoms with van der Waals surface area (Å²) in [5.74, 6) is 1.28. The molecule has 0 atom stereocenters. The van der Waals surface area contributed by atoms with Crippen LogP contribution in [-0.2, 0) is 0 Å². The van der Waals surface area contributed by atoms with Crippen LogP contribution in [0.2, 0.25) is 0 Å². The van der Waals surface area contributed by atoms with Gasteiger partial charge in [0.25, 0.3) is 0 Å². The summed E-state index contributed by atoms with van der Waals surface area (Å²) in [7, 11) is 1.66. The average molecular weight is 229 g/mol. The highest BCUT2D eigenvalue weighted by Crippen LogP contribution is 2.29. The topological polar surface area (TPSA) is 61.0 Å².